The molecule has 0 radical (unpaired) electrons. The number of nitrogens with zero attached hydrogens (tertiary/aromatic N) is 3. The Labute approximate surface area is 180 Å². The molecule has 0 unspecified atom stereocenters. The van der Waals surface area contributed by atoms with Gasteiger partial charge in [-0.25, -0.2) is 0 Å². The first-order chi connectivity index (χ1) is 15.0. The van der Waals surface area contributed by atoms with Crippen LogP contribution in [0.2, 0.25) is 0 Å². The summed E-state index contributed by atoms with van der Waals surface area (Å²) in [6.07, 6.45) is 7.05. The third kappa shape index (κ3) is 4.42. The first-order valence-corrected chi connectivity index (χ1v) is 11.0. The van der Waals surface area contributed by atoms with Gasteiger partial charge in [-0.3, -0.25) is 24.3 Å². The van der Waals surface area contributed by atoms with Crippen LogP contribution in [0.3, 0.4) is 0 Å². The molecule has 10 nitrogen and oxygen atoms in total. The second-order valence-corrected chi connectivity index (χ2v) is 8.89. The third-order valence-electron chi connectivity index (χ3n) is 6.95. The number of piperidine rings is 3. The molecular formula is C21H29N5O5. The lowest BCUT2D eigenvalue weighted by Crippen LogP contribution is -2.67. The summed E-state index contributed by atoms with van der Waals surface area (Å²) >= 11 is 0. The van der Waals surface area contributed by atoms with Gasteiger partial charge in [0, 0.05) is 44.2 Å². The molecule has 3 saturated heterocycles. The number of aromatic nitrogens is 2. The minimum Gasteiger partial charge on any atom is -0.483 e. The molecule has 1 aliphatic carbocycles. The average molecular weight is 431 g/mol. The van der Waals surface area contributed by atoms with E-state index < -0.39 is 0 Å². The average Bonchev–Trinajstić information content (AvgIpc) is 3.48. The fourth-order valence-corrected chi connectivity index (χ4v) is 5.44. The largest absolute Gasteiger partial charge is 0.483 e. The monoisotopic (exact) mass is 431 g/mol. The number of carbonyl (C=O) groups is 4. The second kappa shape index (κ2) is 9.07. The lowest BCUT2D eigenvalue weighted by atomic mass is 9.72. The highest BCUT2D eigenvalue weighted by atomic mass is 16.3. The zero-order chi connectivity index (χ0) is 22.0. The van der Waals surface area contributed by atoms with Crippen LogP contribution in [0.15, 0.2) is 12.3 Å². The molecule has 4 atom stereocenters. The van der Waals surface area contributed by atoms with Crippen molar-refractivity contribution in [2.75, 3.05) is 19.6 Å². The second-order valence-electron chi connectivity index (χ2n) is 8.89. The van der Waals surface area contributed by atoms with Gasteiger partial charge in [-0.15, -0.1) is 0 Å². The van der Waals surface area contributed by atoms with Gasteiger partial charge in [-0.2, -0.15) is 5.10 Å². The van der Waals surface area contributed by atoms with Crippen molar-refractivity contribution in [3.8, 4) is 0 Å². The molecule has 0 spiro atoms. The summed E-state index contributed by atoms with van der Waals surface area (Å²) < 4.78 is 0. The van der Waals surface area contributed by atoms with E-state index in [0.717, 1.165) is 32.1 Å². The highest BCUT2D eigenvalue weighted by molar-refractivity contribution is 5.92. The van der Waals surface area contributed by atoms with Crippen LogP contribution in [0.1, 0.15) is 49.0 Å². The maximum atomic E-state index is 12.9. The highest BCUT2D eigenvalue weighted by Crippen LogP contribution is 2.41. The van der Waals surface area contributed by atoms with Crippen molar-refractivity contribution in [2.24, 2.45) is 17.8 Å². The van der Waals surface area contributed by atoms with Crippen molar-refractivity contribution >= 4 is 24.2 Å². The molecule has 3 N–H and O–H groups in total. The SMILES string of the molecule is O=C(NC[C@H]1[C@H]2C[C@H](CN(C(=O)c3ccn[nH]3)C2)[C@@H]2CCCC(=O)N21)C1CC1.O=CO. The predicted octanol–water partition coefficient (Wildman–Crippen LogP) is 0.478. The van der Waals surface area contributed by atoms with Crippen molar-refractivity contribution in [1.82, 2.24) is 25.3 Å². The van der Waals surface area contributed by atoms with Gasteiger partial charge in [-0.05, 0) is 50.0 Å². The predicted molar refractivity (Wildman–Crippen MR) is 109 cm³/mol. The minimum atomic E-state index is -0.250. The van der Waals surface area contributed by atoms with Gasteiger partial charge >= 0.3 is 0 Å². The summed E-state index contributed by atoms with van der Waals surface area (Å²) in [5.74, 6) is 0.973. The molecule has 1 saturated carbocycles. The molecule has 3 aliphatic heterocycles. The molecule has 10 heteroatoms. The number of H-pyrrole nitrogens is 1. The molecule has 1 aromatic heterocycles. The lowest BCUT2D eigenvalue weighted by molar-refractivity contribution is -0.152. The van der Waals surface area contributed by atoms with Crippen LogP contribution in [-0.4, -0.2) is 81.0 Å². The van der Waals surface area contributed by atoms with Crippen molar-refractivity contribution in [3.05, 3.63) is 18.0 Å². The molecule has 1 aromatic rings. The molecule has 0 aromatic carbocycles. The van der Waals surface area contributed by atoms with Gasteiger partial charge in [0.05, 0.1) is 6.04 Å². The molecule has 5 rings (SSSR count). The van der Waals surface area contributed by atoms with E-state index in [9.17, 15) is 14.4 Å². The molecule has 168 valence electrons. The molecule has 4 heterocycles. The van der Waals surface area contributed by atoms with E-state index in [1.54, 1.807) is 12.3 Å². The molecule has 3 amide bonds. The molecule has 4 fully saturated rings. The normalized spacial score (nSPS) is 29.4. The van der Waals surface area contributed by atoms with Crippen LogP contribution in [-0.2, 0) is 14.4 Å². The third-order valence-corrected chi connectivity index (χ3v) is 6.95. The number of aromatic amines is 1. The van der Waals surface area contributed by atoms with Gasteiger partial charge in [-0.1, -0.05) is 0 Å². The Kier molecular flexibility index (Phi) is 6.24. The van der Waals surface area contributed by atoms with Crippen LogP contribution in [0.5, 0.6) is 0 Å². The lowest BCUT2D eigenvalue weighted by Gasteiger charge is -2.56. The van der Waals surface area contributed by atoms with Gasteiger partial charge < -0.3 is 20.2 Å². The van der Waals surface area contributed by atoms with Crippen LogP contribution in [0, 0.1) is 17.8 Å². The fourth-order valence-electron chi connectivity index (χ4n) is 5.44. The first kappa shape index (κ1) is 21.3. The van der Waals surface area contributed by atoms with Crippen molar-refractivity contribution < 1.29 is 24.3 Å². The van der Waals surface area contributed by atoms with E-state index in [4.69, 9.17) is 9.90 Å². The van der Waals surface area contributed by atoms with E-state index in [-0.39, 0.29) is 48.1 Å². The van der Waals surface area contributed by atoms with Crippen LogP contribution >= 0.6 is 0 Å². The van der Waals surface area contributed by atoms with Gasteiger partial charge in [0.15, 0.2) is 0 Å². The zero-order valence-corrected chi connectivity index (χ0v) is 17.4. The van der Waals surface area contributed by atoms with Crippen molar-refractivity contribution in [3.63, 3.8) is 0 Å². The molecular weight excluding hydrogens is 402 g/mol. The fraction of sp³-hybridized carbons (Fsp3) is 0.667. The zero-order valence-electron chi connectivity index (χ0n) is 17.4. The Hall–Kier alpha value is -2.91. The van der Waals surface area contributed by atoms with Gasteiger partial charge in [0.25, 0.3) is 12.4 Å². The van der Waals surface area contributed by atoms with Gasteiger partial charge in [0.2, 0.25) is 11.8 Å². The number of carboxylic acid groups (broad SMARTS) is 1. The number of nitrogens with one attached hydrogen (secondary N) is 2. The number of amides is 3. The number of carbonyl (C=O) groups excluding carboxylic acids is 3. The van der Waals surface area contributed by atoms with Crippen LogP contribution in [0.4, 0.5) is 0 Å². The summed E-state index contributed by atoms with van der Waals surface area (Å²) in [7, 11) is 0. The Morgan fingerprint density at radius 2 is 2.00 bits per heavy atom. The Bertz CT molecular complexity index is 824. The van der Waals surface area contributed by atoms with Gasteiger partial charge in [0.1, 0.15) is 5.69 Å². The minimum absolute atomic E-state index is 0.0193. The van der Waals surface area contributed by atoms with Crippen molar-refractivity contribution in [1.29, 1.82) is 0 Å². The molecule has 4 aliphatic rings. The Morgan fingerprint density at radius 3 is 2.68 bits per heavy atom. The topological polar surface area (TPSA) is 136 Å². The van der Waals surface area contributed by atoms with E-state index in [1.165, 1.54) is 0 Å². The summed E-state index contributed by atoms with van der Waals surface area (Å²) in [5.41, 5.74) is 0.509. The van der Waals surface area contributed by atoms with E-state index >= 15 is 0 Å². The summed E-state index contributed by atoms with van der Waals surface area (Å²) in [4.78, 5) is 50.2. The summed E-state index contributed by atoms with van der Waals surface area (Å²) in [5, 5.41) is 16.6. The highest BCUT2D eigenvalue weighted by Gasteiger charge is 2.50. The summed E-state index contributed by atoms with van der Waals surface area (Å²) in [6.45, 7) is 1.56. The number of hydrogen-bond acceptors (Lipinski definition) is 5. The number of fused-ring (bicyclic) bond motifs is 4. The van der Waals surface area contributed by atoms with E-state index in [2.05, 4.69) is 20.4 Å². The maximum absolute atomic E-state index is 12.9. The molecule has 31 heavy (non-hydrogen) atoms. The summed E-state index contributed by atoms with van der Waals surface area (Å²) in [6, 6.07) is 1.86. The van der Waals surface area contributed by atoms with E-state index in [0.29, 0.717) is 37.7 Å². The van der Waals surface area contributed by atoms with Crippen LogP contribution < -0.4 is 5.32 Å². The van der Waals surface area contributed by atoms with Crippen LogP contribution in [0.25, 0.3) is 0 Å². The Balaban J connectivity index is 0.000000730. The molecule has 2 bridgehead atoms. The van der Waals surface area contributed by atoms with Crippen molar-refractivity contribution in [2.45, 2.75) is 50.6 Å². The Morgan fingerprint density at radius 1 is 1.26 bits per heavy atom. The van der Waals surface area contributed by atoms with E-state index in [1.807, 2.05) is 4.90 Å². The quantitative estimate of drug-likeness (QED) is 0.593. The maximum Gasteiger partial charge on any atom is 0.290 e. The smallest absolute Gasteiger partial charge is 0.290 e. The first-order valence-electron chi connectivity index (χ1n) is 11.0. The number of likely N-dealkylation sites (tertiary alicyclic amines) is 1. The number of hydrogen-bond donors (Lipinski definition) is 3. The standard InChI is InChI=1S/C20H27N5O3.CH2O2/c26-18-3-1-2-16-13-8-14(11-24(10-13)20(28)15-6-7-22-23-15)17(25(16)18)9-21-19(27)12-4-5-12;2-1-3/h6-7,12-14,16-17H,1-5,8-11H2,(H,21,27)(H,22,23);1H,(H,2,3)/t13-,14+,16+,17+;/m1./s1. The number of rotatable bonds is 4.